The largest absolute Gasteiger partial charge is 0.495 e. The lowest BCUT2D eigenvalue weighted by Crippen LogP contribution is -2.01. The summed E-state index contributed by atoms with van der Waals surface area (Å²) in [5.74, 6) is -1.87. The molecule has 0 bridgehead atoms. The first-order valence-corrected chi connectivity index (χ1v) is 6.15. The highest BCUT2D eigenvalue weighted by molar-refractivity contribution is 7.12. The van der Waals surface area contributed by atoms with E-state index in [-0.39, 0.29) is 16.2 Å². The zero-order valence-corrected chi connectivity index (χ0v) is 10.7. The summed E-state index contributed by atoms with van der Waals surface area (Å²) in [6.07, 6.45) is 0. The van der Waals surface area contributed by atoms with E-state index in [0.717, 1.165) is 11.3 Å². The summed E-state index contributed by atoms with van der Waals surface area (Å²) in [5.41, 5.74) is 1.23. The van der Waals surface area contributed by atoms with Crippen molar-refractivity contribution in [2.24, 2.45) is 0 Å². The number of rotatable bonds is 4. The van der Waals surface area contributed by atoms with E-state index in [0.29, 0.717) is 11.1 Å². The van der Waals surface area contributed by atoms with Gasteiger partial charge < -0.3 is 14.9 Å². The zero-order chi connectivity index (χ0) is 14.0. The van der Waals surface area contributed by atoms with Crippen LogP contribution < -0.4 is 4.74 Å². The number of carboxylic acids is 2. The fourth-order valence-corrected chi connectivity index (χ4v) is 2.49. The van der Waals surface area contributed by atoms with Gasteiger partial charge in [-0.05, 0) is 23.1 Å². The highest BCUT2D eigenvalue weighted by atomic mass is 32.1. The van der Waals surface area contributed by atoms with Gasteiger partial charge in [0.05, 0.1) is 7.11 Å². The third-order valence-corrected chi connectivity index (χ3v) is 3.49. The van der Waals surface area contributed by atoms with E-state index in [1.54, 1.807) is 17.5 Å². The van der Waals surface area contributed by atoms with Gasteiger partial charge in [-0.3, -0.25) is 0 Å². The molecular formula is C13H10O5S. The van der Waals surface area contributed by atoms with Gasteiger partial charge in [0, 0.05) is 5.56 Å². The summed E-state index contributed by atoms with van der Waals surface area (Å²) < 4.78 is 5.14. The number of benzene rings is 1. The van der Waals surface area contributed by atoms with Crippen LogP contribution in [0.3, 0.4) is 0 Å². The molecule has 2 rings (SSSR count). The van der Waals surface area contributed by atoms with Gasteiger partial charge in [0.1, 0.15) is 16.2 Å². The van der Waals surface area contributed by atoms with Crippen LogP contribution in [-0.4, -0.2) is 29.3 Å². The van der Waals surface area contributed by atoms with Gasteiger partial charge in [-0.1, -0.05) is 12.1 Å². The highest BCUT2D eigenvalue weighted by Crippen LogP contribution is 2.35. The van der Waals surface area contributed by atoms with Crippen LogP contribution in [0.25, 0.3) is 11.1 Å². The van der Waals surface area contributed by atoms with Gasteiger partial charge in [0.15, 0.2) is 0 Å². The lowest BCUT2D eigenvalue weighted by atomic mass is 10.0. The van der Waals surface area contributed by atoms with Crippen molar-refractivity contribution in [2.45, 2.75) is 0 Å². The molecule has 0 unspecified atom stereocenters. The van der Waals surface area contributed by atoms with Crippen LogP contribution in [0.15, 0.2) is 29.6 Å². The molecule has 0 saturated heterocycles. The third kappa shape index (κ3) is 2.43. The molecule has 0 saturated carbocycles. The number of carbonyl (C=O) groups is 2. The topological polar surface area (TPSA) is 83.8 Å². The Kier molecular flexibility index (Phi) is 3.52. The number of hydrogen-bond acceptors (Lipinski definition) is 4. The average molecular weight is 278 g/mol. The van der Waals surface area contributed by atoms with E-state index in [1.807, 2.05) is 0 Å². The number of ether oxygens (including phenoxy) is 1. The van der Waals surface area contributed by atoms with Crippen molar-refractivity contribution in [3.05, 3.63) is 40.1 Å². The molecule has 1 aromatic carbocycles. The van der Waals surface area contributed by atoms with Crippen LogP contribution >= 0.6 is 11.3 Å². The normalized spacial score (nSPS) is 10.2. The standard InChI is InChI=1S/C13H10O5S/c1-18-11-8(3-2-4-9(11)12(14)15)7-5-10(13(16)17)19-6-7/h2-6H,1H3,(H,14,15)(H,16,17). The molecule has 0 aliphatic rings. The predicted octanol–water partition coefficient (Wildman–Crippen LogP) is 2.82. The van der Waals surface area contributed by atoms with Crippen molar-refractivity contribution in [2.75, 3.05) is 7.11 Å². The minimum absolute atomic E-state index is 0.0445. The second kappa shape index (κ2) is 5.11. The Balaban J connectivity index is 2.58. The Morgan fingerprint density at radius 3 is 2.47 bits per heavy atom. The van der Waals surface area contributed by atoms with E-state index >= 15 is 0 Å². The smallest absolute Gasteiger partial charge is 0.345 e. The van der Waals surface area contributed by atoms with Gasteiger partial charge in [-0.15, -0.1) is 11.3 Å². The minimum atomic E-state index is -1.09. The lowest BCUT2D eigenvalue weighted by molar-refractivity contribution is 0.0685. The van der Waals surface area contributed by atoms with Crippen LogP contribution in [0, 0.1) is 0 Å². The predicted molar refractivity (Wildman–Crippen MR) is 70.2 cm³/mol. The van der Waals surface area contributed by atoms with Crippen LogP contribution in [0.4, 0.5) is 0 Å². The van der Waals surface area contributed by atoms with Crippen molar-refractivity contribution in [1.29, 1.82) is 0 Å². The summed E-state index contributed by atoms with van der Waals surface area (Å²) >= 11 is 1.08. The molecule has 6 heteroatoms. The molecule has 1 heterocycles. The Morgan fingerprint density at radius 1 is 1.21 bits per heavy atom. The molecule has 2 N–H and O–H groups in total. The molecule has 0 radical (unpaired) electrons. The fraction of sp³-hybridized carbons (Fsp3) is 0.0769. The maximum atomic E-state index is 11.1. The van der Waals surface area contributed by atoms with Crippen LogP contribution in [0.1, 0.15) is 20.0 Å². The van der Waals surface area contributed by atoms with Gasteiger partial charge >= 0.3 is 11.9 Å². The average Bonchev–Trinajstić information content (AvgIpc) is 2.87. The Bertz CT molecular complexity index is 644. The van der Waals surface area contributed by atoms with Gasteiger partial charge in [0.2, 0.25) is 0 Å². The summed E-state index contributed by atoms with van der Waals surface area (Å²) in [5, 5.41) is 19.6. The zero-order valence-electron chi connectivity index (χ0n) is 9.91. The molecule has 0 atom stereocenters. The molecular weight excluding hydrogens is 268 g/mol. The summed E-state index contributed by atoms with van der Waals surface area (Å²) in [7, 11) is 1.38. The highest BCUT2D eigenvalue weighted by Gasteiger charge is 2.17. The monoisotopic (exact) mass is 278 g/mol. The van der Waals surface area contributed by atoms with Crippen molar-refractivity contribution in [1.82, 2.24) is 0 Å². The second-order valence-electron chi connectivity index (χ2n) is 3.70. The maximum absolute atomic E-state index is 11.1. The SMILES string of the molecule is COc1c(C(=O)O)cccc1-c1csc(C(=O)O)c1. The Labute approximate surface area is 112 Å². The molecule has 0 spiro atoms. The number of hydrogen-bond donors (Lipinski definition) is 2. The van der Waals surface area contributed by atoms with E-state index in [9.17, 15) is 9.59 Å². The van der Waals surface area contributed by atoms with Gasteiger partial charge in [0.25, 0.3) is 0 Å². The van der Waals surface area contributed by atoms with Crippen molar-refractivity contribution < 1.29 is 24.5 Å². The number of thiophene rings is 1. The lowest BCUT2D eigenvalue weighted by Gasteiger charge is -2.09. The van der Waals surface area contributed by atoms with E-state index in [4.69, 9.17) is 14.9 Å². The fourth-order valence-electron chi connectivity index (χ4n) is 1.74. The Morgan fingerprint density at radius 2 is 1.95 bits per heavy atom. The first-order valence-electron chi connectivity index (χ1n) is 5.27. The number of methoxy groups -OCH3 is 1. The number of carboxylic acid groups (broad SMARTS) is 2. The molecule has 1 aromatic heterocycles. The molecule has 0 fully saturated rings. The summed E-state index contributed by atoms with van der Waals surface area (Å²) in [6, 6.07) is 6.23. The van der Waals surface area contributed by atoms with E-state index in [2.05, 4.69) is 0 Å². The van der Waals surface area contributed by atoms with E-state index < -0.39 is 11.9 Å². The quantitative estimate of drug-likeness (QED) is 0.898. The van der Waals surface area contributed by atoms with Crippen LogP contribution in [-0.2, 0) is 0 Å². The number of aromatic carboxylic acids is 2. The Hall–Kier alpha value is -2.34. The third-order valence-electron chi connectivity index (χ3n) is 2.57. The van der Waals surface area contributed by atoms with Crippen molar-refractivity contribution in [3.63, 3.8) is 0 Å². The molecule has 0 aliphatic heterocycles. The molecule has 19 heavy (non-hydrogen) atoms. The van der Waals surface area contributed by atoms with Crippen LogP contribution in [0.5, 0.6) is 5.75 Å². The van der Waals surface area contributed by atoms with Crippen molar-refractivity contribution >= 4 is 23.3 Å². The van der Waals surface area contributed by atoms with Gasteiger partial charge in [-0.25, -0.2) is 9.59 Å². The summed E-state index contributed by atoms with van der Waals surface area (Å²) in [4.78, 5) is 22.2. The van der Waals surface area contributed by atoms with E-state index in [1.165, 1.54) is 19.2 Å². The number of para-hydroxylation sites is 1. The summed E-state index contributed by atoms with van der Waals surface area (Å²) in [6.45, 7) is 0. The molecule has 0 aliphatic carbocycles. The first kappa shape index (κ1) is 13.1. The maximum Gasteiger partial charge on any atom is 0.345 e. The molecule has 98 valence electrons. The van der Waals surface area contributed by atoms with Gasteiger partial charge in [-0.2, -0.15) is 0 Å². The second-order valence-corrected chi connectivity index (χ2v) is 4.61. The molecule has 2 aromatic rings. The molecule has 0 amide bonds. The first-order chi connectivity index (χ1) is 9.04. The minimum Gasteiger partial charge on any atom is -0.495 e. The van der Waals surface area contributed by atoms with Crippen LogP contribution in [0.2, 0.25) is 0 Å². The molecule has 5 nitrogen and oxygen atoms in total. The van der Waals surface area contributed by atoms with Crippen molar-refractivity contribution in [3.8, 4) is 16.9 Å².